The second-order valence-electron chi connectivity index (χ2n) is 4.53. The molecule has 0 fully saturated rings. The summed E-state index contributed by atoms with van der Waals surface area (Å²) in [6.45, 7) is 4.53. The molecule has 1 aromatic rings. The zero-order valence-corrected chi connectivity index (χ0v) is 14.7. The molecule has 23 heavy (non-hydrogen) atoms. The van der Waals surface area contributed by atoms with E-state index in [9.17, 15) is 18.0 Å². The number of nitrogens with zero attached hydrogens (tertiary/aromatic N) is 1. The van der Waals surface area contributed by atoms with E-state index >= 15 is 0 Å². The number of halogens is 1. The van der Waals surface area contributed by atoms with Crippen LogP contribution in [0.5, 0.6) is 0 Å². The third-order valence-corrected chi connectivity index (χ3v) is 3.93. The number of amides is 2. The van der Waals surface area contributed by atoms with Gasteiger partial charge in [0.2, 0.25) is 11.8 Å². The van der Waals surface area contributed by atoms with Gasteiger partial charge in [0.25, 0.3) is 10.0 Å². The highest BCUT2D eigenvalue weighted by molar-refractivity contribution is 7.93. The van der Waals surface area contributed by atoms with Gasteiger partial charge in [-0.05, 0) is 25.5 Å². The lowest BCUT2D eigenvalue weighted by Gasteiger charge is -2.17. The molecular weight excluding hydrogens is 340 g/mol. The average molecular weight is 361 g/mol. The lowest BCUT2D eigenvalue weighted by molar-refractivity contribution is -0.135. The first-order valence-corrected chi connectivity index (χ1v) is 8.49. The van der Waals surface area contributed by atoms with Gasteiger partial charge in [0.1, 0.15) is 6.42 Å². The van der Waals surface area contributed by atoms with E-state index < -0.39 is 28.3 Å². The molecule has 6 nitrogen and oxygen atoms in total. The molecule has 0 atom stereocenters. The maximum absolute atomic E-state index is 11.8. The molecule has 0 aromatic heterocycles. The van der Waals surface area contributed by atoms with Gasteiger partial charge in [0.15, 0.2) is 0 Å². The maximum atomic E-state index is 11.8. The molecule has 0 aliphatic rings. The zero-order chi connectivity index (χ0) is 16.6. The molecule has 0 saturated heterocycles. The Labute approximate surface area is 143 Å². The van der Waals surface area contributed by atoms with Crippen LogP contribution in [0.1, 0.15) is 25.8 Å². The van der Waals surface area contributed by atoms with Crippen molar-refractivity contribution in [3.8, 4) is 0 Å². The monoisotopic (exact) mass is 360 g/mol. The molecule has 0 radical (unpaired) electrons. The first-order valence-electron chi connectivity index (χ1n) is 6.94. The maximum Gasteiger partial charge on any atom is 0.257 e. The minimum absolute atomic E-state index is 0. The molecule has 0 spiro atoms. The molecule has 0 heterocycles. The number of carbonyl (C=O) groups is 2. The third kappa shape index (κ3) is 7.80. The number of hydrogen-bond donors (Lipinski definition) is 1. The Balaban J connectivity index is 0.00000484. The van der Waals surface area contributed by atoms with Gasteiger partial charge in [-0.1, -0.05) is 30.3 Å². The van der Waals surface area contributed by atoms with E-state index in [1.165, 1.54) is 11.0 Å². The number of benzene rings is 1. The van der Waals surface area contributed by atoms with Crippen molar-refractivity contribution in [1.82, 2.24) is 9.62 Å². The van der Waals surface area contributed by atoms with E-state index in [1.807, 2.05) is 10.8 Å². The van der Waals surface area contributed by atoms with Gasteiger partial charge in [-0.2, -0.15) is 0 Å². The molecule has 128 valence electrons. The number of nitrogens with one attached hydrogen (secondary N) is 1. The molecule has 1 aromatic carbocycles. The Hall–Kier alpha value is -1.86. The summed E-state index contributed by atoms with van der Waals surface area (Å²) in [6, 6.07) is 8.82. The fourth-order valence-corrected chi connectivity index (χ4v) is 2.58. The topological polar surface area (TPSA) is 83.6 Å². The summed E-state index contributed by atoms with van der Waals surface area (Å²) >= 11 is 0. The van der Waals surface area contributed by atoms with Crippen LogP contribution in [-0.2, 0) is 19.6 Å². The fourth-order valence-electron chi connectivity index (χ4n) is 1.79. The summed E-state index contributed by atoms with van der Waals surface area (Å²) in [6.07, 6.45) is 0.891. The van der Waals surface area contributed by atoms with E-state index in [1.54, 1.807) is 38.1 Å². The van der Waals surface area contributed by atoms with Crippen LogP contribution in [-0.4, -0.2) is 38.2 Å². The summed E-state index contributed by atoms with van der Waals surface area (Å²) in [4.78, 5) is 24.8. The highest BCUT2D eigenvalue weighted by atomic mass is 35.5. The Kier molecular flexibility index (Phi) is 9.21. The van der Waals surface area contributed by atoms with Gasteiger partial charge < -0.3 is 4.90 Å². The number of hydrogen-bond acceptors (Lipinski definition) is 4. The van der Waals surface area contributed by atoms with Crippen LogP contribution < -0.4 is 4.72 Å². The van der Waals surface area contributed by atoms with Gasteiger partial charge in [0.05, 0.1) is 5.41 Å². The Morgan fingerprint density at radius 1 is 1.13 bits per heavy atom. The van der Waals surface area contributed by atoms with Crippen LogP contribution in [0.15, 0.2) is 35.7 Å². The first kappa shape index (κ1) is 21.1. The van der Waals surface area contributed by atoms with Crippen molar-refractivity contribution in [2.45, 2.75) is 20.3 Å². The van der Waals surface area contributed by atoms with Gasteiger partial charge in [-0.3, -0.25) is 9.59 Å². The fraction of sp³-hybridized carbons (Fsp3) is 0.333. The molecule has 0 aliphatic heterocycles. The number of rotatable bonds is 7. The third-order valence-electron chi connectivity index (χ3n) is 2.92. The van der Waals surface area contributed by atoms with E-state index in [4.69, 9.17) is 0 Å². The van der Waals surface area contributed by atoms with Crippen LogP contribution in [0.3, 0.4) is 0 Å². The van der Waals surface area contributed by atoms with E-state index in [2.05, 4.69) is 0 Å². The minimum Gasteiger partial charge on any atom is -0.343 e. The predicted octanol–water partition coefficient (Wildman–Crippen LogP) is 1.78. The van der Waals surface area contributed by atoms with Crippen LogP contribution >= 0.6 is 12.4 Å². The van der Waals surface area contributed by atoms with Crippen molar-refractivity contribution in [3.05, 3.63) is 41.3 Å². The van der Waals surface area contributed by atoms with Crippen molar-refractivity contribution in [2.24, 2.45) is 0 Å². The van der Waals surface area contributed by atoms with E-state index in [0.29, 0.717) is 18.7 Å². The lowest BCUT2D eigenvalue weighted by Crippen LogP contribution is -2.37. The Bertz CT molecular complexity index is 641. The second-order valence-corrected chi connectivity index (χ2v) is 6.09. The Morgan fingerprint density at radius 2 is 1.70 bits per heavy atom. The van der Waals surface area contributed by atoms with Gasteiger partial charge in [-0.25, -0.2) is 13.1 Å². The number of sulfonamides is 1. The summed E-state index contributed by atoms with van der Waals surface area (Å²) in [7, 11) is -3.91. The number of carbonyl (C=O) groups excluding carboxylic acids is 2. The highest BCUT2D eigenvalue weighted by Gasteiger charge is 2.18. The average Bonchev–Trinajstić information content (AvgIpc) is 2.47. The van der Waals surface area contributed by atoms with Crippen molar-refractivity contribution in [3.63, 3.8) is 0 Å². The molecule has 8 heteroatoms. The first-order chi connectivity index (χ1) is 10.4. The normalized spacial score (nSPS) is 10.9. The molecule has 0 aliphatic carbocycles. The molecular formula is C15H21ClN2O4S. The van der Waals surface area contributed by atoms with Crippen LogP contribution in [0, 0.1) is 0 Å². The van der Waals surface area contributed by atoms with Crippen molar-refractivity contribution in [2.75, 3.05) is 13.1 Å². The summed E-state index contributed by atoms with van der Waals surface area (Å²) < 4.78 is 25.4. The summed E-state index contributed by atoms with van der Waals surface area (Å²) in [5.74, 6) is -1.24. The Morgan fingerprint density at radius 3 is 2.22 bits per heavy atom. The van der Waals surface area contributed by atoms with Crippen LogP contribution in [0.2, 0.25) is 0 Å². The molecule has 0 bridgehead atoms. The molecule has 1 N–H and O–H groups in total. The summed E-state index contributed by atoms with van der Waals surface area (Å²) in [5.41, 5.74) is 0.694. The molecule has 0 unspecified atom stereocenters. The molecule has 0 saturated carbocycles. The van der Waals surface area contributed by atoms with Crippen LogP contribution in [0.25, 0.3) is 6.08 Å². The van der Waals surface area contributed by atoms with Gasteiger partial charge >= 0.3 is 0 Å². The van der Waals surface area contributed by atoms with Crippen LogP contribution in [0.4, 0.5) is 0 Å². The minimum atomic E-state index is -3.91. The molecule has 2 amide bonds. The second kappa shape index (κ2) is 10.0. The van der Waals surface area contributed by atoms with Gasteiger partial charge in [-0.15, -0.1) is 12.4 Å². The van der Waals surface area contributed by atoms with E-state index in [0.717, 1.165) is 5.41 Å². The van der Waals surface area contributed by atoms with Crippen molar-refractivity contribution in [1.29, 1.82) is 0 Å². The lowest BCUT2D eigenvalue weighted by atomic mass is 10.2. The predicted molar refractivity (Wildman–Crippen MR) is 92.3 cm³/mol. The smallest absolute Gasteiger partial charge is 0.257 e. The van der Waals surface area contributed by atoms with Crippen molar-refractivity contribution >= 4 is 40.3 Å². The SMILES string of the molecule is CCN(CC)C(=O)CC(=O)NS(=O)(=O)/C=C/c1ccccc1.Cl. The largest absolute Gasteiger partial charge is 0.343 e. The standard InChI is InChI=1S/C15H20N2O4S.ClH/c1-3-17(4-2)15(19)12-14(18)16-22(20,21)11-10-13-8-6-5-7-9-13;/h5-11H,3-4,12H2,1-2H3,(H,16,18);1H/b11-10+;. The van der Waals surface area contributed by atoms with E-state index in [-0.39, 0.29) is 12.4 Å². The van der Waals surface area contributed by atoms with Crippen molar-refractivity contribution < 1.29 is 18.0 Å². The van der Waals surface area contributed by atoms with Gasteiger partial charge in [0, 0.05) is 13.1 Å². The highest BCUT2D eigenvalue weighted by Crippen LogP contribution is 2.03. The quantitative estimate of drug-likeness (QED) is 0.751. The zero-order valence-electron chi connectivity index (χ0n) is 13.1. The summed E-state index contributed by atoms with van der Waals surface area (Å²) in [5, 5.41) is 0.905. The molecule has 1 rings (SSSR count).